The quantitative estimate of drug-likeness (QED) is 0.443. The first-order valence-corrected chi connectivity index (χ1v) is 12.8. The number of anilines is 1. The van der Waals surface area contributed by atoms with Crippen LogP contribution < -0.4 is 14.8 Å². The summed E-state index contributed by atoms with van der Waals surface area (Å²) in [6.07, 6.45) is 0.710. The number of carbonyl (C=O) groups is 2. The zero-order chi connectivity index (χ0) is 26.8. The van der Waals surface area contributed by atoms with E-state index in [1.54, 1.807) is 26.4 Å². The van der Waals surface area contributed by atoms with Gasteiger partial charge in [-0.3, -0.25) is 10.1 Å². The van der Waals surface area contributed by atoms with Gasteiger partial charge in [0, 0.05) is 30.1 Å². The molecule has 0 spiro atoms. The van der Waals surface area contributed by atoms with Gasteiger partial charge in [0.25, 0.3) is 0 Å². The van der Waals surface area contributed by atoms with Crippen LogP contribution in [0.3, 0.4) is 0 Å². The van der Waals surface area contributed by atoms with Gasteiger partial charge in [-0.05, 0) is 55.4 Å². The van der Waals surface area contributed by atoms with Crippen molar-refractivity contribution in [1.29, 1.82) is 0 Å². The molecule has 0 bridgehead atoms. The van der Waals surface area contributed by atoms with E-state index in [0.29, 0.717) is 43.3 Å². The van der Waals surface area contributed by atoms with Gasteiger partial charge < -0.3 is 19.1 Å². The number of likely N-dealkylation sites (N-methyl/N-ethyl adjacent to an activating group) is 1. The smallest absolute Gasteiger partial charge is 0.411 e. The molecule has 9 nitrogen and oxygen atoms in total. The normalized spacial score (nSPS) is 15.4. The maximum absolute atomic E-state index is 12.9. The minimum atomic E-state index is -0.485. The summed E-state index contributed by atoms with van der Waals surface area (Å²) in [6.45, 7) is 9.42. The SMILES string of the molecule is CCC1CC(=O)N(Cc2ccc(NC(=O)OCCN(CC)CC)cc2)N=C1c1ccc(OC)c(OC)c1. The largest absolute Gasteiger partial charge is 0.493 e. The van der Waals surface area contributed by atoms with Crippen LogP contribution in [0.5, 0.6) is 11.5 Å². The van der Waals surface area contributed by atoms with Crippen LogP contribution in [-0.2, 0) is 16.1 Å². The van der Waals surface area contributed by atoms with E-state index < -0.39 is 6.09 Å². The second-order valence-electron chi connectivity index (χ2n) is 8.80. The second kappa shape index (κ2) is 13.6. The summed E-state index contributed by atoms with van der Waals surface area (Å²) in [6, 6.07) is 13.0. The van der Waals surface area contributed by atoms with Crippen LogP contribution in [0.1, 0.15) is 44.7 Å². The lowest BCUT2D eigenvalue weighted by Gasteiger charge is -2.29. The summed E-state index contributed by atoms with van der Waals surface area (Å²) in [5, 5.41) is 9.01. The molecule has 2 amide bonds. The molecule has 1 N–H and O–H groups in total. The van der Waals surface area contributed by atoms with Crippen molar-refractivity contribution in [2.75, 3.05) is 45.8 Å². The molecule has 2 aromatic rings. The summed E-state index contributed by atoms with van der Waals surface area (Å²) in [7, 11) is 3.20. The third-order valence-electron chi connectivity index (χ3n) is 6.56. The fraction of sp³-hybridized carbons (Fsp3) is 0.464. The number of hydrazone groups is 1. The number of benzene rings is 2. The van der Waals surface area contributed by atoms with Crippen molar-refractivity contribution in [3.8, 4) is 11.5 Å². The summed E-state index contributed by atoms with van der Waals surface area (Å²) >= 11 is 0. The summed E-state index contributed by atoms with van der Waals surface area (Å²) in [5.74, 6) is 1.28. The molecule has 1 aliphatic rings. The fourth-order valence-corrected chi connectivity index (χ4v) is 4.26. The molecule has 1 unspecified atom stereocenters. The van der Waals surface area contributed by atoms with Crippen LogP contribution in [0.15, 0.2) is 47.6 Å². The molecule has 9 heteroatoms. The molecular formula is C28H38N4O5. The molecule has 2 aromatic carbocycles. The first kappa shape index (κ1) is 28.0. The molecule has 0 aromatic heterocycles. The Morgan fingerprint density at radius 2 is 1.76 bits per heavy atom. The van der Waals surface area contributed by atoms with Gasteiger partial charge in [0.05, 0.1) is 26.5 Å². The van der Waals surface area contributed by atoms with Crippen molar-refractivity contribution in [3.05, 3.63) is 53.6 Å². The zero-order valence-electron chi connectivity index (χ0n) is 22.5. The van der Waals surface area contributed by atoms with Crippen LogP contribution in [-0.4, -0.2) is 68.1 Å². The Kier molecular flexibility index (Phi) is 10.3. The zero-order valence-corrected chi connectivity index (χ0v) is 22.5. The summed E-state index contributed by atoms with van der Waals surface area (Å²) in [4.78, 5) is 27.1. The molecule has 3 rings (SSSR count). The van der Waals surface area contributed by atoms with Gasteiger partial charge in [-0.1, -0.05) is 32.9 Å². The van der Waals surface area contributed by atoms with E-state index in [9.17, 15) is 9.59 Å². The van der Waals surface area contributed by atoms with E-state index >= 15 is 0 Å². The molecule has 1 aliphatic heterocycles. The predicted molar refractivity (Wildman–Crippen MR) is 144 cm³/mol. The molecule has 0 saturated carbocycles. The van der Waals surface area contributed by atoms with Gasteiger partial charge in [0.1, 0.15) is 6.61 Å². The van der Waals surface area contributed by atoms with E-state index in [1.165, 1.54) is 5.01 Å². The van der Waals surface area contributed by atoms with Gasteiger partial charge in [0.2, 0.25) is 5.91 Å². The number of nitrogens with zero attached hydrogens (tertiary/aromatic N) is 3. The standard InChI is InChI=1S/C28H38N4O5/c1-6-21-18-26(33)32(30-27(21)22-11-14-24(35-4)25(17-22)36-5)19-20-9-12-23(13-10-20)29-28(34)37-16-15-31(7-2)8-3/h9-14,17,21H,6-8,15-16,18-19H2,1-5H3,(H,29,34). The number of methoxy groups -OCH3 is 2. The first-order valence-electron chi connectivity index (χ1n) is 12.8. The van der Waals surface area contributed by atoms with Gasteiger partial charge in [-0.2, -0.15) is 5.10 Å². The Hall–Kier alpha value is -3.59. The lowest BCUT2D eigenvalue weighted by Crippen LogP contribution is -2.36. The Balaban J connectivity index is 1.67. The monoisotopic (exact) mass is 510 g/mol. The number of amides is 2. The predicted octanol–water partition coefficient (Wildman–Crippen LogP) is 4.76. The van der Waals surface area contributed by atoms with Crippen molar-refractivity contribution in [2.45, 2.75) is 40.2 Å². The Morgan fingerprint density at radius 3 is 2.38 bits per heavy atom. The number of rotatable bonds is 12. The maximum Gasteiger partial charge on any atom is 0.411 e. The third kappa shape index (κ3) is 7.45. The Morgan fingerprint density at radius 1 is 1.05 bits per heavy atom. The van der Waals surface area contributed by atoms with Crippen LogP contribution in [0.2, 0.25) is 0 Å². The number of carbonyl (C=O) groups excluding carboxylic acids is 2. The summed E-state index contributed by atoms with van der Waals surface area (Å²) < 4.78 is 16.1. The van der Waals surface area contributed by atoms with Crippen molar-refractivity contribution in [3.63, 3.8) is 0 Å². The van der Waals surface area contributed by atoms with E-state index in [1.807, 2.05) is 30.3 Å². The highest BCUT2D eigenvalue weighted by Gasteiger charge is 2.29. The molecule has 200 valence electrons. The molecule has 0 radical (unpaired) electrons. The highest BCUT2D eigenvalue weighted by atomic mass is 16.5. The van der Waals surface area contributed by atoms with Crippen molar-refractivity contribution < 1.29 is 23.8 Å². The second-order valence-corrected chi connectivity index (χ2v) is 8.80. The molecule has 0 saturated heterocycles. The Bertz CT molecular complexity index is 1080. The molecule has 1 heterocycles. The molecule has 0 fully saturated rings. The van der Waals surface area contributed by atoms with Crippen molar-refractivity contribution >= 4 is 23.4 Å². The maximum atomic E-state index is 12.9. The highest BCUT2D eigenvalue weighted by Crippen LogP contribution is 2.31. The lowest BCUT2D eigenvalue weighted by atomic mass is 9.89. The molecule has 37 heavy (non-hydrogen) atoms. The average molecular weight is 511 g/mol. The van der Waals surface area contributed by atoms with E-state index in [2.05, 4.69) is 31.0 Å². The number of ether oxygens (including phenoxy) is 3. The third-order valence-corrected chi connectivity index (χ3v) is 6.56. The fourth-order valence-electron chi connectivity index (χ4n) is 4.26. The van der Waals surface area contributed by atoms with E-state index in [4.69, 9.17) is 19.3 Å². The molecule has 0 aliphatic carbocycles. The van der Waals surface area contributed by atoms with Crippen LogP contribution in [0.4, 0.5) is 10.5 Å². The molecule has 1 atom stereocenters. The lowest BCUT2D eigenvalue weighted by molar-refractivity contribution is -0.133. The minimum Gasteiger partial charge on any atom is -0.493 e. The molecular weight excluding hydrogens is 472 g/mol. The average Bonchev–Trinajstić information content (AvgIpc) is 2.92. The topological polar surface area (TPSA) is 92.7 Å². The highest BCUT2D eigenvalue weighted by molar-refractivity contribution is 6.06. The van der Waals surface area contributed by atoms with Gasteiger partial charge in [-0.25, -0.2) is 9.80 Å². The van der Waals surface area contributed by atoms with Crippen molar-refractivity contribution in [2.24, 2.45) is 11.0 Å². The van der Waals surface area contributed by atoms with Gasteiger partial charge in [-0.15, -0.1) is 0 Å². The number of hydrogen-bond donors (Lipinski definition) is 1. The van der Waals surface area contributed by atoms with Crippen LogP contribution in [0, 0.1) is 5.92 Å². The van der Waals surface area contributed by atoms with Gasteiger partial charge >= 0.3 is 6.09 Å². The summed E-state index contributed by atoms with van der Waals surface area (Å²) in [5.41, 5.74) is 3.29. The number of nitrogens with one attached hydrogen (secondary N) is 1. The van der Waals surface area contributed by atoms with Gasteiger partial charge in [0.15, 0.2) is 11.5 Å². The van der Waals surface area contributed by atoms with Crippen LogP contribution in [0.25, 0.3) is 0 Å². The van der Waals surface area contributed by atoms with E-state index in [-0.39, 0.29) is 11.8 Å². The number of hydrogen-bond acceptors (Lipinski definition) is 7. The first-order chi connectivity index (χ1) is 17.9. The Labute approximate surface area is 219 Å². The van der Waals surface area contributed by atoms with Crippen molar-refractivity contribution in [1.82, 2.24) is 9.91 Å². The van der Waals surface area contributed by atoms with E-state index in [0.717, 1.165) is 36.3 Å². The van der Waals surface area contributed by atoms with Crippen LogP contribution >= 0.6 is 0 Å². The minimum absolute atomic E-state index is 0.0185.